The lowest BCUT2D eigenvalue weighted by Crippen LogP contribution is -2.33. The Kier molecular flexibility index (Phi) is 5.36. The second-order valence-corrected chi connectivity index (χ2v) is 4.00. The minimum absolute atomic E-state index is 0.0320. The smallest absolute Gasteiger partial charge is 0.233 e. The van der Waals surface area contributed by atoms with Crippen molar-refractivity contribution >= 4 is 21.8 Å². The summed E-state index contributed by atoms with van der Waals surface area (Å²) in [6.45, 7) is 3.63. The Morgan fingerprint density at radius 2 is 2.13 bits per heavy atom. The molecule has 15 heavy (non-hydrogen) atoms. The van der Waals surface area contributed by atoms with Crippen molar-refractivity contribution in [2.45, 2.75) is 13.5 Å². The Bertz CT molecular complexity index is 328. The van der Waals surface area contributed by atoms with Crippen molar-refractivity contribution in [2.24, 2.45) is 0 Å². The van der Waals surface area contributed by atoms with Gasteiger partial charge in [-0.25, -0.2) is 0 Å². The average molecular weight is 271 g/mol. The molecule has 82 valence electrons. The van der Waals surface area contributed by atoms with Crippen LogP contribution in [0.4, 0.5) is 0 Å². The molecule has 1 rings (SSSR count). The van der Waals surface area contributed by atoms with Crippen molar-refractivity contribution < 1.29 is 4.79 Å². The number of carbonyl (C=O) groups is 1. The second-order valence-electron chi connectivity index (χ2n) is 3.15. The second kappa shape index (κ2) is 6.58. The highest BCUT2D eigenvalue weighted by Crippen LogP contribution is 2.14. The number of carbonyl (C=O) groups excluding carboxylic acids is 1. The van der Waals surface area contributed by atoms with Crippen molar-refractivity contribution in [3.8, 4) is 0 Å². The minimum Gasteiger partial charge on any atom is -0.355 e. The Hall–Kier alpha value is -0.870. The highest BCUT2D eigenvalue weighted by Gasteiger charge is 2.00. The molecule has 4 heteroatoms. The summed E-state index contributed by atoms with van der Waals surface area (Å²) in [5, 5.41) is 5.82. The molecule has 0 atom stereocenters. The van der Waals surface area contributed by atoms with E-state index >= 15 is 0 Å². The van der Waals surface area contributed by atoms with E-state index in [1.165, 1.54) is 0 Å². The standard InChI is InChI=1S/C11H15BrN2O/c1-2-14-11(15)8-13-7-9-5-3-4-6-10(9)12/h3-6,13H,2,7-8H2,1H3,(H,14,15). The number of rotatable bonds is 5. The number of halogens is 1. The summed E-state index contributed by atoms with van der Waals surface area (Å²) >= 11 is 3.45. The third kappa shape index (κ3) is 4.44. The van der Waals surface area contributed by atoms with E-state index in [9.17, 15) is 4.79 Å². The lowest BCUT2D eigenvalue weighted by atomic mass is 10.2. The zero-order chi connectivity index (χ0) is 11.1. The number of benzene rings is 1. The van der Waals surface area contributed by atoms with Gasteiger partial charge in [0.15, 0.2) is 0 Å². The van der Waals surface area contributed by atoms with Gasteiger partial charge in [-0.05, 0) is 18.6 Å². The van der Waals surface area contributed by atoms with Gasteiger partial charge in [0.2, 0.25) is 5.91 Å². The summed E-state index contributed by atoms with van der Waals surface area (Å²) in [6.07, 6.45) is 0. The van der Waals surface area contributed by atoms with Crippen molar-refractivity contribution in [3.05, 3.63) is 34.3 Å². The molecular weight excluding hydrogens is 256 g/mol. The summed E-state index contributed by atoms with van der Waals surface area (Å²) < 4.78 is 1.06. The fourth-order valence-corrected chi connectivity index (χ4v) is 1.64. The monoisotopic (exact) mass is 270 g/mol. The molecule has 0 bridgehead atoms. The van der Waals surface area contributed by atoms with Crippen LogP contribution in [0.15, 0.2) is 28.7 Å². The van der Waals surface area contributed by atoms with Gasteiger partial charge >= 0.3 is 0 Å². The van der Waals surface area contributed by atoms with E-state index in [2.05, 4.69) is 26.6 Å². The maximum absolute atomic E-state index is 11.1. The predicted molar refractivity (Wildman–Crippen MR) is 64.5 cm³/mol. The van der Waals surface area contributed by atoms with Crippen LogP contribution < -0.4 is 10.6 Å². The van der Waals surface area contributed by atoms with E-state index in [0.29, 0.717) is 19.6 Å². The molecule has 0 spiro atoms. The van der Waals surface area contributed by atoms with Gasteiger partial charge in [-0.15, -0.1) is 0 Å². The summed E-state index contributed by atoms with van der Waals surface area (Å²) in [6, 6.07) is 7.96. The number of likely N-dealkylation sites (N-methyl/N-ethyl adjacent to an activating group) is 1. The van der Waals surface area contributed by atoms with Gasteiger partial charge < -0.3 is 10.6 Å². The molecule has 0 heterocycles. The van der Waals surface area contributed by atoms with Crippen LogP contribution in [0.5, 0.6) is 0 Å². The van der Waals surface area contributed by atoms with Gasteiger partial charge in [0, 0.05) is 17.6 Å². The van der Waals surface area contributed by atoms with E-state index in [4.69, 9.17) is 0 Å². The van der Waals surface area contributed by atoms with Gasteiger partial charge in [-0.3, -0.25) is 4.79 Å². The number of hydrogen-bond donors (Lipinski definition) is 2. The van der Waals surface area contributed by atoms with Crippen LogP contribution in [0.3, 0.4) is 0 Å². The molecule has 0 aliphatic rings. The molecule has 0 radical (unpaired) electrons. The normalized spacial score (nSPS) is 10.0. The fraction of sp³-hybridized carbons (Fsp3) is 0.364. The van der Waals surface area contributed by atoms with Crippen LogP contribution in [0.25, 0.3) is 0 Å². The highest BCUT2D eigenvalue weighted by atomic mass is 79.9. The Morgan fingerprint density at radius 1 is 1.40 bits per heavy atom. The molecule has 1 aromatic carbocycles. The van der Waals surface area contributed by atoms with E-state index in [-0.39, 0.29) is 5.91 Å². The summed E-state index contributed by atoms with van der Waals surface area (Å²) in [7, 11) is 0. The first-order valence-corrected chi connectivity index (χ1v) is 5.74. The van der Waals surface area contributed by atoms with E-state index in [1.807, 2.05) is 31.2 Å². The Morgan fingerprint density at radius 3 is 2.80 bits per heavy atom. The molecule has 0 aliphatic heterocycles. The van der Waals surface area contributed by atoms with Crippen LogP contribution in [-0.2, 0) is 11.3 Å². The summed E-state index contributed by atoms with van der Waals surface area (Å²) in [4.78, 5) is 11.1. The van der Waals surface area contributed by atoms with Crippen molar-refractivity contribution in [3.63, 3.8) is 0 Å². The van der Waals surface area contributed by atoms with Crippen LogP contribution in [0, 0.1) is 0 Å². The van der Waals surface area contributed by atoms with Crippen LogP contribution in [0.1, 0.15) is 12.5 Å². The predicted octanol–water partition coefficient (Wildman–Crippen LogP) is 1.67. The van der Waals surface area contributed by atoms with Gasteiger partial charge in [-0.2, -0.15) is 0 Å². The molecule has 0 fully saturated rings. The van der Waals surface area contributed by atoms with Gasteiger partial charge in [0.05, 0.1) is 6.54 Å². The van der Waals surface area contributed by atoms with Crippen LogP contribution in [-0.4, -0.2) is 19.0 Å². The zero-order valence-corrected chi connectivity index (χ0v) is 10.3. The first-order chi connectivity index (χ1) is 7.24. The van der Waals surface area contributed by atoms with Crippen LogP contribution >= 0.6 is 15.9 Å². The zero-order valence-electron chi connectivity index (χ0n) is 8.72. The lowest BCUT2D eigenvalue weighted by molar-refractivity contribution is -0.120. The van der Waals surface area contributed by atoms with Crippen molar-refractivity contribution in [1.29, 1.82) is 0 Å². The van der Waals surface area contributed by atoms with Gasteiger partial charge in [-0.1, -0.05) is 34.1 Å². The van der Waals surface area contributed by atoms with Crippen LogP contribution in [0.2, 0.25) is 0 Å². The maximum atomic E-state index is 11.1. The summed E-state index contributed by atoms with van der Waals surface area (Å²) in [5.74, 6) is 0.0320. The van der Waals surface area contributed by atoms with Crippen molar-refractivity contribution in [2.75, 3.05) is 13.1 Å². The SMILES string of the molecule is CCNC(=O)CNCc1ccccc1Br. The number of amides is 1. The molecule has 1 amide bonds. The van der Waals surface area contributed by atoms with E-state index < -0.39 is 0 Å². The Labute approximate surface area is 98.4 Å². The van der Waals surface area contributed by atoms with E-state index in [0.717, 1.165) is 10.0 Å². The molecule has 0 saturated heterocycles. The number of hydrogen-bond acceptors (Lipinski definition) is 2. The molecule has 0 aliphatic carbocycles. The molecular formula is C11H15BrN2O. The third-order valence-electron chi connectivity index (χ3n) is 1.93. The maximum Gasteiger partial charge on any atom is 0.233 e. The van der Waals surface area contributed by atoms with Gasteiger partial charge in [0.25, 0.3) is 0 Å². The van der Waals surface area contributed by atoms with Crippen molar-refractivity contribution in [1.82, 2.24) is 10.6 Å². The average Bonchev–Trinajstić information content (AvgIpc) is 2.21. The first kappa shape index (κ1) is 12.2. The van der Waals surface area contributed by atoms with Gasteiger partial charge in [0.1, 0.15) is 0 Å². The highest BCUT2D eigenvalue weighted by molar-refractivity contribution is 9.10. The lowest BCUT2D eigenvalue weighted by Gasteiger charge is -2.06. The largest absolute Gasteiger partial charge is 0.355 e. The third-order valence-corrected chi connectivity index (χ3v) is 2.71. The minimum atomic E-state index is 0.0320. The molecule has 0 aromatic heterocycles. The molecule has 2 N–H and O–H groups in total. The quantitative estimate of drug-likeness (QED) is 0.855. The molecule has 0 unspecified atom stereocenters. The Balaban J connectivity index is 2.32. The molecule has 1 aromatic rings. The number of nitrogens with one attached hydrogen (secondary N) is 2. The molecule has 3 nitrogen and oxygen atoms in total. The first-order valence-electron chi connectivity index (χ1n) is 4.95. The summed E-state index contributed by atoms with van der Waals surface area (Å²) in [5.41, 5.74) is 1.15. The molecule has 0 saturated carbocycles. The fourth-order valence-electron chi connectivity index (χ4n) is 1.21. The van der Waals surface area contributed by atoms with E-state index in [1.54, 1.807) is 0 Å². The topological polar surface area (TPSA) is 41.1 Å².